The molecular weight excluding hydrogens is 372 g/mol. The first kappa shape index (κ1) is 20.5. The summed E-state index contributed by atoms with van der Waals surface area (Å²) < 4.78 is 16.1. The maximum absolute atomic E-state index is 12.9. The molecular formula is C22H26N2O5. The van der Waals surface area contributed by atoms with Gasteiger partial charge in [-0.2, -0.15) is 0 Å². The van der Waals surface area contributed by atoms with E-state index >= 15 is 0 Å². The van der Waals surface area contributed by atoms with E-state index < -0.39 is 0 Å². The molecule has 0 aliphatic carbocycles. The highest BCUT2D eigenvalue weighted by Crippen LogP contribution is 2.26. The number of amides is 2. The topological polar surface area (TPSA) is 68.3 Å². The lowest BCUT2D eigenvalue weighted by atomic mass is 10.1. The van der Waals surface area contributed by atoms with Crippen molar-refractivity contribution in [3.63, 3.8) is 0 Å². The Morgan fingerprint density at radius 1 is 0.828 bits per heavy atom. The van der Waals surface area contributed by atoms with Crippen LogP contribution in [0.1, 0.15) is 27.6 Å². The zero-order valence-electron chi connectivity index (χ0n) is 17.0. The molecule has 2 amide bonds. The number of hydrogen-bond acceptors (Lipinski definition) is 5. The third-order valence-electron chi connectivity index (χ3n) is 4.91. The van der Waals surface area contributed by atoms with E-state index in [1.807, 2.05) is 19.1 Å². The fourth-order valence-electron chi connectivity index (χ4n) is 3.35. The minimum absolute atomic E-state index is 0.0804. The summed E-state index contributed by atoms with van der Waals surface area (Å²) in [6, 6.07) is 12.4. The Morgan fingerprint density at radius 2 is 1.41 bits per heavy atom. The van der Waals surface area contributed by atoms with Gasteiger partial charge in [0, 0.05) is 32.2 Å². The minimum atomic E-state index is -0.119. The van der Waals surface area contributed by atoms with Crippen molar-refractivity contribution in [2.24, 2.45) is 0 Å². The number of para-hydroxylation sites is 1. The molecule has 0 unspecified atom stereocenters. The second-order valence-electron chi connectivity index (χ2n) is 6.58. The van der Waals surface area contributed by atoms with Gasteiger partial charge >= 0.3 is 0 Å². The third-order valence-corrected chi connectivity index (χ3v) is 4.91. The third kappa shape index (κ3) is 4.45. The summed E-state index contributed by atoms with van der Waals surface area (Å²) in [5, 5.41) is 0. The fraction of sp³-hybridized carbons (Fsp3) is 0.364. The second kappa shape index (κ2) is 9.32. The molecule has 154 valence electrons. The van der Waals surface area contributed by atoms with Crippen LogP contribution in [0.15, 0.2) is 42.5 Å². The van der Waals surface area contributed by atoms with Crippen LogP contribution in [0.2, 0.25) is 0 Å². The molecule has 1 fully saturated rings. The summed E-state index contributed by atoms with van der Waals surface area (Å²) >= 11 is 0. The van der Waals surface area contributed by atoms with E-state index in [-0.39, 0.29) is 11.8 Å². The van der Waals surface area contributed by atoms with Gasteiger partial charge in [0.05, 0.1) is 32.0 Å². The van der Waals surface area contributed by atoms with Crippen molar-refractivity contribution in [2.75, 3.05) is 47.0 Å². The summed E-state index contributed by atoms with van der Waals surface area (Å²) in [5.41, 5.74) is 1.03. The number of benzene rings is 2. The average Bonchev–Trinajstić information content (AvgIpc) is 2.78. The van der Waals surface area contributed by atoms with Crippen LogP contribution in [0.4, 0.5) is 0 Å². The summed E-state index contributed by atoms with van der Waals surface area (Å²) in [6.07, 6.45) is 0. The summed E-state index contributed by atoms with van der Waals surface area (Å²) in [4.78, 5) is 29.4. The van der Waals surface area contributed by atoms with Gasteiger partial charge in [-0.1, -0.05) is 12.1 Å². The minimum Gasteiger partial charge on any atom is -0.497 e. The number of rotatable bonds is 6. The van der Waals surface area contributed by atoms with Crippen LogP contribution in [-0.2, 0) is 0 Å². The highest BCUT2D eigenvalue weighted by atomic mass is 16.5. The average molecular weight is 398 g/mol. The smallest absolute Gasteiger partial charge is 0.257 e. The molecule has 2 aromatic carbocycles. The molecule has 0 bridgehead atoms. The standard InChI is InChI=1S/C22H26N2O5/c1-4-29-19-8-6-5-7-17(19)21(25)23-11-13-24(14-12-23)22(26)18-10-9-16(27-2)15-20(18)28-3/h5-10,15H,4,11-14H2,1-3H3. The molecule has 1 heterocycles. The van der Waals surface area contributed by atoms with Crippen LogP contribution in [0.3, 0.4) is 0 Å². The zero-order valence-corrected chi connectivity index (χ0v) is 17.0. The van der Waals surface area contributed by atoms with Crippen LogP contribution in [0.25, 0.3) is 0 Å². The lowest BCUT2D eigenvalue weighted by Crippen LogP contribution is -2.50. The number of carbonyl (C=O) groups excluding carboxylic acids is 2. The monoisotopic (exact) mass is 398 g/mol. The second-order valence-corrected chi connectivity index (χ2v) is 6.58. The largest absolute Gasteiger partial charge is 0.497 e. The number of piperazine rings is 1. The summed E-state index contributed by atoms with van der Waals surface area (Å²) in [6.45, 7) is 4.22. The van der Waals surface area contributed by atoms with Crippen molar-refractivity contribution >= 4 is 11.8 Å². The van der Waals surface area contributed by atoms with Gasteiger partial charge in [-0.05, 0) is 31.2 Å². The Labute approximate surface area is 170 Å². The van der Waals surface area contributed by atoms with Crippen molar-refractivity contribution in [1.29, 1.82) is 0 Å². The Kier molecular flexibility index (Phi) is 6.59. The van der Waals surface area contributed by atoms with E-state index in [9.17, 15) is 9.59 Å². The Balaban J connectivity index is 1.68. The summed E-state index contributed by atoms with van der Waals surface area (Å²) in [7, 11) is 3.09. The number of nitrogens with zero attached hydrogens (tertiary/aromatic N) is 2. The molecule has 0 saturated carbocycles. The molecule has 7 heteroatoms. The first-order valence-electron chi connectivity index (χ1n) is 9.61. The highest BCUT2D eigenvalue weighted by Gasteiger charge is 2.28. The molecule has 3 rings (SSSR count). The van der Waals surface area contributed by atoms with Crippen molar-refractivity contribution in [3.05, 3.63) is 53.6 Å². The van der Waals surface area contributed by atoms with Gasteiger partial charge < -0.3 is 24.0 Å². The van der Waals surface area contributed by atoms with E-state index in [0.29, 0.717) is 61.2 Å². The summed E-state index contributed by atoms with van der Waals surface area (Å²) in [5.74, 6) is 1.48. The van der Waals surface area contributed by atoms with E-state index in [0.717, 1.165) is 0 Å². The fourth-order valence-corrected chi connectivity index (χ4v) is 3.35. The Hall–Kier alpha value is -3.22. The van der Waals surface area contributed by atoms with Crippen LogP contribution in [0.5, 0.6) is 17.2 Å². The van der Waals surface area contributed by atoms with Gasteiger partial charge in [0.25, 0.3) is 11.8 Å². The van der Waals surface area contributed by atoms with Crippen LogP contribution < -0.4 is 14.2 Å². The van der Waals surface area contributed by atoms with Gasteiger partial charge in [-0.15, -0.1) is 0 Å². The van der Waals surface area contributed by atoms with Crippen LogP contribution >= 0.6 is 0 Å². The molecule has 1 aliphatic heterocycles. The first-order chi connectivity index (χ1) is 14.1. The lowest BCUT2D eigenvalue weighted by Gasteiger charge is -2.35. The Bertz CT molecular complexity index is 875. The van der Waals surface area contributed by atoms with E-state index in [2.05, 4.69) is 0 Å². The SMILES string of the molecule is CCOc1ccccc1C(=O)N1CCN(C(=O)c2ccc(OC)cc2OC)CC1. The molecule has 0 N–H and O–H groups in total. The van der Waals surface area contributed by atoms with E-state index in [1.165, 1.54) is 7.11 Å². The van der Waals surface area contributed by atoms with Gasteiger partial charge in [0.1, 0.15) is 17.2 Å². The quantitative estimate of drug-likeness (QED) is 0.748. The predicted octanol–water partition coefficient (Wildman–Crippen LogP) is 2.70. The molecule has 0 aromatic heterocycles. The van der Waals surface area contributed by atoms with Gasteiger partial charge in [-0.25, -0.2) is 0 Å². The molecule has 0 radical (unpaired) electrons. The van der Waals surface area contributed by atoms with Crippen molar-refractivity contribution < 1.29 is 23.8 Å². The number of ether oxygens (including phenoxy) is 3. The van der Waals surface area contributed by atoms with Crippen LogP contribution in [-0.4, -0.2) is 68.6 Å². The van der Waals surface area contributed by atoms with Crippen molar-refractivity contribution in [1.82, 2.24) is 9.80 Å². The number of hydrogen-bond donors (Lipinski definition) is 0. The van der Waals surface area contributed by atoms with Crippen molar-refractivity contribution in [3.8, 4) is 17.2 Å². The molecule has 2 aromatic rings. The molecule has 1 aliphatic rings. The van der Waals surface area contributed by atoms with Crippen molar-refractivity contribution in [2.45, 2.75) is 6.92 Å². The maximum atomic E-state index is 12.9. The Morgan fingerprint density at radius 3 is 1.97 bits per heavy atom. The highest BCUT2D eigenvalue weighted by molar-refractivity contribution is 5.98. The molecule has 1 saturated heterocycles. The zero-order chi connectivity index (χ0) is 20.8. The maximum Gasteiger partial charge on any atom is 0.257 e. The predicted molar refractivity (Wildman–Crippen MR) is 109 cm³/mol. The molecule has 29 heavy (non-hydrogen) atoms. The van der Waals surface area contributed by atoms with Gasteiger partial charge in [-0.3, -0.25) is 9.59 Å². The van der Waals surface area contributed by atoms with E-state index in [1.54, 1.807) is 47.2 Å². The number of carbonyl (C=O) groups is 2. The number of methoxy groups -OCH3 is 2. The molecule has 0 spiro atoms. The lowest BCUT2D eigenvalue weighted by molar-refractivity contribution is 0.0531. The van der Waals surface area contributed by atoms with Gasteiger partial charge in [0.2, 0.25) is 0 Å². The van der Waals surface area contributed by atoms with Crippen LogP contribution in [0, 0.1) is 0 Å². The van der Waals surface area contributed by atoms with E-state index in [4.69, 9.17) is 14.2 Å². The molecule has 7 nitrogen and oxygen atoms in total. The normalized spacial score (nSPS) is 13.8. The van der Waals surface area contributed by atoms with Gasteiger partial charge in [0.15, 0.2) is 0 Å². The molecule has 0 atom stereocenters. The first-order valence-corrected chi connectivity index (χ1v) is 9.61.